The van der Waals surface area contributed by atoms with Crippen molar-refractivity contribution in [1.29, 1.82) is 0 Å². The predicted molar refractivity (Wildman–Crippen MR) is 71.8 cm³/mol. The second kappa shape index (κ2) is 5.48. The first-order chi connectivity index (χ1) is 9.34. The molecule has 0 saturated carbocycles. The quantitative estimate of drug-likeness (QED) is 0.830. The minimum absolute atomic E-state index is 0.0546. The molecule has 2 heterocycles. The number of nitrogens with zero attached hydrogens (tertiary/aromatic N) is 1. The first-order valence-corrected chi connectivity index (χ1v) is 6.72. The molecule has 1 aromatic rings. The summed E-state index contributed by atoms with van der Waals surface area (Å²) in [5.41, 5.74) is 1.65. The number of fused-ring (bicyclic) bond motifs is 1. The summed E-state index contributed by atoms with van der Waals surface area (Å²) in [5.74, 6) is 0.829. The standard InChI is InChI=1S/C14H18N2O3/c17-14(16-5-8-18-9-6-16)11-2-3-12-13(10-11)19-7-1-4-15-12/h2-3,10,15H,1,4-9H2. The molecule has 0 aromatic heterocycles. The summed E-state index contributed by atoms with van der Waals surface area (Å²) < 4.78 is 10.9. The summed E-state index contributed by atoms with van der Waals surface area (Å²) >= 11 is 0. The largest absolute Gasteiger partial charge is 0.491 e. The number of carbonyl (C=O) groups is 1. The number of hydrogen-bond acceptors (Lipinski definition) is 4. The number of hydrogen-bond donors (Lipinski definition) is 1. The van der Waals surface area contributed by atoms with Gasteiger partial charge >= 0.3 is 0 Å². The lowest BCUT2D eigenvalue weighted by molar-refractivity contribution is 0.0302. The summed E-state index contributed by atoms with van der Waals surface area (Å²) in [4.78, 5) is 14.2. The van der Waals surface area contributed by atoms with Gasteiger partial charge in [0.2, 0.25) is 0 Å². The van der Waals surface area contributed by atoms with Crippen LogP contribution in [0.4, 0.5) is 5.69 Å². The first-order valence-electron chi connectivity index (χ1n) is 6.72. The maximum absolute atomic E-state index is 12.4. The normalized spacial score (nSPS) is 18.8. The van der Waals surface area contributed by atoms with Crippen molar-refractivity contribution >= 4 is 11.6 Å². The van der Waals surface area contributed by atoms with E-state index in [4.69, 9.17) is 9.47 Å². The summed E-state index contributed by atoms with van der Waals surface area (Å²) in [5, 5.41) is 3.30. The highest BCUT2D eigenvalue weighted by atomic mass is 16.5. The Labute approximate surface area is 112 Å². The van der Waals surface area contributed by atoms with Crippen LogP contribution in [0.3, 0.4) is 0 Å². The van der Waals surface area contributed by atoms with Gasteiger partial charge in [0.15, 0.2) is 0 Å². The van der Waals surface area contributed by atoms with Crippen LogP contribution in [0.2, 0.25) is 0 Å². The highest BCUT2D eigenvalue weighted by molar-refractivity contribution is 5.95. The monoisotopic (exact) mass is 262 g/mol. The molecular weight excluding hydrogens is 244 g/mol. The smallest absolute Gasteiger partial charge is 0.254 e. The first kappa shape index (κ1) is 12.3. The van der Waals surface area contributed by atoms with Crippen molar-refractivity contribution < 1.29 is 14.3 Å². The van der Waals surface area contributed by atoms with Crippen LogP contribution in [-0.4, -0.2) is 50.3 Å². The van der Waals surface area contributed by atoms with Gasteiger partial charge in [0.1, 0.15) is 5.75 Å². The third kappa shape index (κ3) is 2.66. The third-order valence-electron chi connectivity index (χ3n) is 3.42. The lowest BCUT2D eigenvalue weighted by atomic mass is 10.1. The average Bonchev–Trinajstić information content (AvgIpc) is 2.72. The van der Waals surface area contributed by atoms with E-state index in [1.807, 2.05) is 23.1 Å². The zero-order chi connectivity index (χ0) is 13.1. The van der Waals surface area contributed by atoms with Crippen LogP contribution in [0.25, 0.3) is 0 Å². The van der Waals surface area contributed by atoms with E-state index in [9.17, 15) is 4.79 Å². The van der Waals surface area contributed by atoms with Crippen molar-refractivity contribution in [3.63, 3.8) is 0 Å². The lowest BCUT2D eigenvalue weighted by Gasteiger charge is -2.27. The molecule has 1 aromatic carbocycles. The van der Waals surface area contributed by atoms with Gasteiger partial charge in [0, 0.05) is 25.2 Å². The van der Waals surface area contributed by atoms with Gasteiger partial charge in [-0.3, -0.25) is 4.79 Å². The average molecular weight is 262 g/mol. The van der Waals surface area contributed by atoms with Crippen molar-refractivity contribution in [2.24, 2.45) is 0 Å². The molecule has 5 nitrogen and oxygen atoms in total. The maximum Gasteiger partial charge on any atom is 0.254 e. The van der Waals surface area contributed by atoms with Gasteiger partial charge in [-0.15, -0.1) is 0 Å². The number of carbonyl (C=O) groups excluding carboxylic acids is 1. The molecule has 0 aliphatic carbocycles. The van der Waals surface area contributed by atoms with E-state index in [0.29, 0.717) is 38.5 Å². The molecule has 102 valence electrons. The van der Waals surface area contributed by atoms with Crippen molar-refractivity contribution in [3.8, 4) is 5.75 Å². The van der Waals surface area contributed by atoms with E-state index < -0.39 is 0 Å². The Bertz CT molecular complexity index is 470. The number of amides is 1. The fraction of sp³-hybridized carbons (Fsp3) is 0.500. The number of morpholine rings is 1. The number of nitrogens with one attached hydrogen (secondary N) is 1. The molecule has 0 radical (unpaired) electrons. The van der Waals surface area contributed by atoms with Crippen molar-refractivity contribution in [2.75, 3.05) is 44.8 Å². The van der Waals surface area contributed by atoms with Crippen molar-refractivity contribution in [3.05, 3.63) is 23.8 Å². The molecular formula is C14H18N2O3. The molecule has 0 unspecified atom stereocenters. The SMILES string of the molecule is O=C(c1ccc2c(c1)OCCCN2)N1CCOCC1. The Morgan fingerprint density at radius 3 is 2.89 bits per heavy atom. The number of rotatable bonds is 1. The van der Waals surface area contributed by atoms with Crippen LogP contribution in [-0.2, 0) is 4.74 Å². The number of anilines is 1. The highest BCUT2D eigenvalue weighted by Crippen LogP contribution is 2.28. The molecule has 1 amide bonds. The van der Waals surface area contributed by atoms with E-state index in [1.54, 1.807) is 0 Å². The molecule has 1 saturated heterocycles. The van der Waals surface area contributed by atoms with Crippen molar-refractivity contribution in [2.45, 2.75) is 6.42 Å². The van der Waals surface area contributed by atoms with Gasteiger partial charge in [-0.2, -0.15) is 0 Å². The highest BCUT2D eigenvalue weighted by Gasteiger charge is 2.20. The molecule has 3 rings (SSSR count). The van der Waals surface area contributed by atoms with Gasteiger partial charge in [-0.25, -0.2) is 0 Å². The summed E-state index contributed by atoms with van der Waals surface area (Å²) in [6.45, 7) is 4.16. The number of benzene rings is 1. The molecule has 2 aliphatic heterocycles. The summed E-state index contributed by atoms with van der Waals surface area (Å²) in [6, 6.07) is 5.62. The molecule has 5 heteroatoms. The molecule has 19 heavy (non-hydrogen) atoms. The molecule has 1 fully saturated rings. The van der Waals surface area contributed by atoms with Crippen LogP contribution in [0.15, 0.2) is 18.2 Å². The Balaban J connectivity index is 1.80. The van der Waals surface area contributed by atoms with E-state index in [2.05, 4.69) is 5.32 Å². The molecule has 0 spiro atoms. The Morgan fingerprint density at radius 1 is 1.21 bits per heavy atom. The van der Waals surface area contributed by atoms with Gasteiger partial charge in [-0.05, 0) is 24.6 Å². The summed E-state index contributed by atoms with van der Waals surface area (Å²) in [6.07, 6.45) is 0.974. The van der Waals surface area contributed by atoms with Crippen molar-refractivity contribution in [1.82, 2.24) is 4.90 Å². The third-order valence-corrected chi connectivity index (χ3v) is 3.42. The molecule has 0 bridgehead atoms. The van der Waals surface area contributed by atoms with Crippen LogP contribution in [0, 0.1) is 0 Å². The maximum atomic E-state index is 12.4. The second-order valence-corrected chi connectivity index (χ2v) is 4.74. The predicted octanol–water partition coefficient (Wildman–Crippen LogP) is 1.35. The summed E-state index contributed by atoms with van der Waals surface area (Å²) in [7, 11) is 0. The van der Waals surface area contributed by atoms with Crippen LogP contribution < -0.4 is 10.1 Å². The lowest BCUT2D eigenvalue weighted by Crippen LogP contribution is -2.40. The molecule has 1 N–H and O–H groups in total. The minimum Gasteiger partial charge on any atom is -0.491 e. The topological polar surface area (TPSA) is 50.8 Å². The van der Waals surface area contributed by atoms with Crippen LogP contribution >= 0.6 is 0 Å². The van der Waals surface area contributed by atoms with Gasteiger partial charge in [0.25, 0.3) is 5.91 Å². The zero-order valence-electron chi connectivity index (χ0n) is 10.9. The van der Waals surface area contributed by atoms with Crippen LogP contribution in [0.1, 0.15) is 16.8 Å². The van der Waals surface area contributed by atoms with E-state index >= 15 is 0 Å². The molecule has 2 aliphatic rings. The second-order valence-electron chi connectivity index (χ2n) is 4.74. The minimum atomic E-state index is 0.0546. The number of ether oxygens (including phenoxy) is 2. The fourth-order valence-corrected chi connectivity index (χ4v) is 2.35. The van der Waals surface area contributed by atoms with Gasteiger partial charge < -0.3 is 19.7 Å². The van der Waals surface area contributed by atoms with E-state index in [1.165, 1.54) is 0 Å². The Kier molecular flexibility index (Phi) is 3.55. The van der Waals surface area contributed by atoms with E-state index in [-0.39, 0.29) is 5.91 Å². The Hall–Kier alpha value is -1.75. The zero-order valence-corrected chi connectivity index (χ0v) is 10.9. The van der Waals surface area contributed by atoms with Crippen LogP contribution in [0.5, 0.6) is 5.75 Å². The Morgan fingerprint density at radius 2 is 2.05 bits per heavy atom. The van der Waals surface area contributed by atoms with Gasteiger partial charge in [-0.1, -0.05) is 0 Å². The fourth-order valence-electron chi connectivity index (χ4n) is 2.35. The van der Waals surface area contributed by atoms with E-state index in [0.717, 1.165) is 24.4 Å². The van der Waals surface area contributed by atoms with Gasteiger partial charge in [0.05, 0.1) is 25.5 Å². The molecule has 0 atom stereocenters.